The number of nitrogens with zero attached hydrogens (tertiary/aromatic N) is 4. The lowest BCUT2D eigenvalue weighted by atomic mass is 10.1. The quantitative estimate of drug-likeness (QED) is 0.555. The summed E-state index contributed by atoms with van der Waals surface area (Å²) in [6.07, 6.45) is -1.69. The smallest absolute Gasteiger partial charge is 0.296 e. The number of aliphatic hydroxyl groups is 1. The van der Waals surface area contributed by atoms with E-state index in [0.717, 1.165) is 0 Å². The maximum Gasteiger partial charge on any atom is 0.296 e. The number of fused-ring (bicyclic) bond motifs is 2. The van der Waals surface area contributed by atoms with Crippen molar-refractivity contribution in [2.24, 2.45) is 0 Å². The van der Waals surface area contributed by atoms with Crippen molar-refractivity contribution < 1.29 is 23.9 Å². The van der Waals surface area contributed by atoms with Crippen LogP contribution in [0.2, 0.25) is 5.02 Å². The number of aromatic nitrogens is 5. The Kier molecular flexibility index (Phi) is 4.31. The molecule has 0 spiro atoms. The zero-order valence-electron chi connectivity index (χ0n) is 14.8. The number of pyridine rings is 1. The van der Waals surface area contributed by atoms with E-state index >= 15 is 0 Å². The van der Waals surface area contributed by atoms with E-state index in [0.29, 0.717) is 46.5 Å². The molecule has 0 radical (unpaired) electrons. The maximum absolute atomic E-state index is 9.82. The molecule has 28 heavy (non-hydrogen) atoms. The lowest BCUT2D eigenvalue weighted by Crippen LogP contribution is -2.34. The molecule has 0 saturated carbocycles. The molecule has 0 bridgehead atoms. The van der Waals surface area contributed by atoms with Crippen molar-refractivity contribution in [3.8, 4) is 6.01 Å². The molecule has 0 aliphatic carbocycles. The topological polar surface area (TPSA) is 140 Å². The van der Waals surface area contributed by atoms with Crippen molar-refractivity contribution >= 4 is 28.6 Å². The van der Waals surface area contributed by atoms with Crippen LogP contribution in [-0.2, 0) is 16.0 Å². The number of halogens is 1. The molecular formula is C16H17ClN6O5. The van der Waals surface area contributed by atoms with E-state index in [-0.39, 0.29) is 30.9 Å². The van der Waals surface area contributed by atoms with Gasteiger partial charge in [0, 0.05) is 0 Å². The lowest BCUT2D eigenvalue weighted by molar-refractivity contribution is 0.00706. The van der Waals surface area contributed by atoms with Gasteiger partial charge in [-0.25, -0.2) is 9.61 Å². The Hall–Kier alpha value is -2.47. The Labute approximate surface area is 163 Å². The molecule has 5 rings (SSSR count). The SMILES string of the molecule is Cc1nonc1CNc1nc2nc(O[C@@H]3CO[C@H]4[C@@H]3OC[C@H]4O)[nH]c2cc1Cl. The second-order valence-corrected chi connectivity index (χ2v) is 7.11. The summed E-state index contributed by atoms with van der Waals surface area (Å²) in [6.45, 7) is 2.72. The number of aryl methyl sites for hydroxylation is 1. The molecule has 3 aromatic heterocycles. The van der Waals surface area contributed by atoms with Crippen LogP contribution < -0.4 is 10.1 Å². The molecule has 2 aliphatic heterocycles. The van der Waals surface area contributed by atoms with E-state index in [2.05, 4.69) is 35.2 Å². The molecule has 2 aliphatic rings. The first kappa shape index (κ1) is 17.6. The van der Waals surface area contributed by atoms with Gasteiger partial charge in [0.1, 0.15) is 35.5 Å². The summed E-state index contributed by atoms with van der Waals surface area (Å²) < 4.78 is 21.7. The van der Waals surface area contributed by atoms with E-state index < -0.39 is 6.10 Å². The molecule has 0 unspecified atom stereocenters. The first-order valence-corrected chi connectivity index (χ1v) is 9.12. The van der Waals surface area contributed by atoms with Crippen molar-refractivity contribution in [2.45, 2.75) is 37.9 Å². The highest BCUT2D eigenvalue weighted by atomic mass is 35.5. The number of hydrogen-bond donors (Lipinski definition) is 3. The van der Waals surface area contributed by atoms with Gasteiger partial charge in [-0.15, -0.1) is 0 Å². The summed E-state index contributed by atoms with van der Waals surface area (Å²) in [6, 6.07) is 2.00. The van der Waals surface area contributed by atoms with Crippen LogP contribution in [0, 0.1) is 6.92 Å². The van der Waals surface area contributed by atoms with E-state index in [1.54, 1.807) is 13.0 Å². The highest BCUT2D eigenvalue weighted by Gasteiger charge is 2.48. The minimum atomic E-state index is -0.632. The van der Waals surface area contributed by atoms with Crippen LogP contribution in [0.3, 0.4) is 0 Å². The molecule has 0 amide bonds. The van der Waals surface area contributed by atoms with Gasteiger partial charge in [0.05, 0.1) is 30.3 Å². The van der Waals surface area contributed by atoms with Crippen LogP contribution in [0.5, 0.6) is 6.01 Å². The number of anilines is 1. The van der Waals surface area contributed by atoms with Gasteiger partial charge in [-0.05, 0) is 13.0 Å². The Bertz CT molecular complexity index is 1010. The molecule has 3 aromatic rings. The van der Waals surface area contributed by atoms with Gasteiger partial charge >= 0.3 is 0 Å². The third kappa shape index (κ3) is 3.05. The lowest BCUT2D eigenvalue weighted by Gasteiger charge is -2.15. The first-order valence-electron chi connectivity index (χ1n) is 8.74. The summed E-state index contributed by atoms with van der Waals surface area (Å²) in [5.41, 5.74) is 2.43. The van der Waals surface area contributed by atoms with Crippen LogP contribution in [0.15, 0.2) is 10.7 Å². The summed E-state index contributed by atoms with van der Waals surface area (Å²) in [7, 11) is 0. The van der Waals surface area contributed by atoms with Crippen LogP contribution in [0.25, 0.3) is 11.2 Å². The Morgan fingerprint density at radius 3 is 2.96 bits per heavy atom. The number of rotatable bonds is 5. The standard InChI is InChI=1S/C16H17ClN6O5/c1-6-9(23-28-22-6)3-18-14-7(17)2-8-15(20-14)21-16(19-8)27-11-5-26-12-10(24)4-25-13(11)12/h2,10-13,24H,3-5H2,1H3,(H2,18,19,20,21)/t10-,11-,12-,13-/m1/s1. The molecule has 2 saturated heterocycles. The van der Waals surface area contributed by atoms with Gasteiger partial charge in [0.15, 0.2) is 11.8 Å². The molecule has 5 heterocycles. The Balaban J connectivity index is 1.32. The summed E-state index contributed by atoms with van der Waals surface area (Å²) in [5, 5.41) is 20.9. The molecule has 148 valence electrons. The van der Waals surface area contributed by atoms with E-state index in [9.17, 15) is 5.11 Å². The highest BCUT2D eigenvalue weighted by molar-refractivity contribution is 6.33. The van der Waals surface area contributed by atoms with Crippen molar-refractivity contribution in [3.63, 3.8) is 0 Å². The molecule has 2 fully saturated rings. The number of ether oxygens (including phenoxy) is 3. The predicted octanol–water partition coefficient (Wildman–Crippen LogP) is 0.821. The van der Waals surface area contributed by atoms with E-state index in [4.69, 9.17) is 25.8 Å². The van der Waals surface area contributed by atoms with Crippen LogP contribution in [0.4, 0.5) is 5.82 Å². The Morgan fingerprint density at radius 1 is 1.29 bits per heavy atom. The molecular weight excluding hydrogens is 392 g/mol. The number of imidazole rings is 1. The summed E-state index contributed by atoms with van der Waals surface area (Å²) in [4.78, 5) is 11.8. The second-order valence-electron chi connectivity index (χ2n) is 6.70. The van der Waals surface area contributed by atoms with Crippen molar-refractivity contribution in [1.29, 1.82) is 0 Å². The molecule has 12 heteroatoms. The van der Waals surface area contributed by atoms with Gasteiger partial charge in [-0.3, -0.25) is 0 Å². The normalized spacial score (nSPS) is 26.7. The number of hydrogen-bond acceptors (Lipinski definition) is 10. The third-order valence-corrected chi connectivity index (χ3v) is 5.11. The van der Waals surface area contributed by atoms with Gasteiger partial charge in [-0.2, -0.15) is 4.98 Å². The zero-order chi connectivity index (χ0) is 19.3. The van der Waals surface area contributed by atoms with Crippen molar-refractivity contribution in [3.05, 3.63) is 22.5 Å². The number of nitrogens with one attached hydrogen (secondary N) is 2. The van der Waals surface area contributed by atoms with Crippen LogP contribution in [-0.4, -0.2) is 68.0 Å². The van der Waals surface area contributed by atoms with Crippen LogP contribution >= 0.6 is 11.6 Å². The second kappa shape index (κ2) is 6.85. The average molecular weight is 409 g/mol. The average Bonchev–Trinajstić information content (AvgIpc) is 3.42. The Morgan fingerprint density at radius 2 is 2.14 bits per heavy atom. The molecule has 0 aromatic carbocycles. The minimum absolute atomic E-state index is 0.238. The van der Waals surface area contributed by atoms with Crippen molar-refractivity contribution in [1.82, 2.24) is 25.3 Å². The monoisotopic (exact) mass is 408 g/mol. The van der Waals surface area contributed by atoms with Gasteiger partial charge in [0.2, 0.25) is 0 Å². The highest BCUT2D eigenvalue weighted by Crippen LogP contribution is 2.30. The van der Waals surface area contributed by atoms with E-state index in [1.165, 1.54) is 0 Å². The summed E-state index contributed by atoms with van der Waals surface area (Å²) in [5.74, 6) is 0.459. The fraction of sp³-hybridized carbons (Fsp3) is 0.500. The predicted molar refractivity (Wildman–Crippen MR) is 95.2 cm³/mol. The largest absolute Gasteiger partial charge is 0.456 e. The van der Waals surface area contributed by atoms with Gasteiger partial charge in [0.25, 0.3) is 6.01 Å². The van der Waals surface area contributed by atoms with Crippen molar-refractivity contribution in [2.75, 3.05) is 18.5 Å². The molecule has 3 N–H and O–H groups in total. The summed E-state index contributed by atoms with van der Waals surface area (Å²) >= 11 is 6.31. The number of aromatic amines is 1. The van der Waals surface area contributed by atoms with Crippen LogP contribution in [0.1, 0.15) is 11.4 Å². The molecule has 4 atom stereocenters. The zero-order valence-corrected chi connectivity index (χ0v) is 15.5. The molecule has 11 nitrogen and oxygen atoms in total. The van der Waals surface area contributed by atoms with Gasteiger partial charge in [-0.1, -0.05) is 21.9 Å². The minimum Gasteiger partial charge on any atom is -0.456 e. The third-order valence-electron chi connectivity index (χ3n) is 4.82. The van der Waals surface area contributed by atoms with Gasteiger partial charge < -0.3 is 29.6 Å². The fourth-order valence-electron chi connectivity index (χ4n) is 3.34. The first-order chi connectivity index (χ1) is 13.6. The number of aliphatic hydroxyl groups excluding tert-OH is 1. The number of H-pyrrole nitrogens is 1. The fourth-order valence-corrected chi connectivity index (χ4v) is 3.56. The van der Waals surface area contributed by atoms with E-state index in [1.807, 2.05) is 0 Å². The maximum atomic E-state index is 9.82.